The van der Waals surface area contributed by atoms with Gasteiger partial charge in [0.25, 0.3) is 11.8 Å². The first-order chi connectivity index (χ1) is 12.5. The van der Waals surface area contributed by atoms with Crippen LogP contribution < -0.4 is 11.1 Å². The number of nitrogens with one attached hydrogen (secondary N) is 1. The van der Waals surface area contributed by atoms with Gasteiger partial charge in [-0.15, -0.1) is 19.1 Å². The Morgan fingerprint density at radius 3 is 2.81 bits per heavy atom. The Kier molecular flexibility index (Phi) is 6.39. The van der Waals surface area contributed by atoms with E-state index in [2.05, 4.69) is 23.9 Å². The molecule has 27 heavy (non-hydrogen) atoms. The highest BCUT2D eigenvalue weighted by atomic mass is 32.1. The molecule has 0 bridgehead atoms. The lowest BCUT2D eigenvalue weighted by Gasteiger charge is -2.36. The zero-order valence-corrected chi connectivity index (χ0v) is 15.6. The Hall–Kier alpha value is -1.84. The standard InChI is InChI=1S/C16H22FN3O6S/c1-4-8-5-20(15(27)19-12(8)23)13-10(21)11(22)16(17,26-13)6-25-14(24)9(18)7(2)3/h1,5,7,9-11,13,15,21-22,27H,6,18H2,2-3H3,(H,19,23)/t9-,10+,11-,13+,15?,16+/m0/s1. The van der Waals surface area contributed by atoms with Crippen LogP contribution in [0.2, 0.25) is 0 Å². The van der Waals surface area contributed by atoms with Gasteiger partial charge in [0.2, 0.25) is 0 Å². The Morgan fingerprint density at radius 1 is 1.63 bits per heavy atom. The van der Waals surface area contributed by atoms with E-state index < -0.39 is 54.3 Å². The van der Waals surface area contributed by atoms with Crippen LogP contribution in [0.1, 0.15) is 13.8 Å². The molecular weight excluding hydrogens is 381 g/mol. The molecule has 1 fully saturated rings. The second-order valence-electron chi connectivity index (χ2n) is 6.59. The van der Waals surface area contributed by atoms with Gasteiger partial charge in [-0.3, -0.25) is 9.59 Å². The fraction of sp³-hybridized carbons (Fsp3) is 0.625. The number of amides is 1. The number of ether oxygens (including phenoxy) is 2. The topological polar surface area (TPSA) is 134 Å². The van der Waals surface area contributed by atoms with Crippen LogP contribution in [0, 0.1) is 18.3 Å². The van der Waals surface area contributed by atoms with Crippen LogP contribution >= 0.6 is 12.6 Å². The Bertz CT molecular complexity index is 684. The average molecular weight is 403 g/mol. The molecule has 0 aromatic heterocycles. The molecule has 0 saturated carbocycles. The van der Waals surface area contributed by atoms with Gasteiger partial charge in [-0.1, -0.05) is 19.8 Å². The quantitative estimate of drug-likeness (QED) is 0.211. The summed E-state index contributed by atoms with van der Waals surface area (Å²) >= 11 is 4.12. The van der Waals surface area contributed by atoms with Gasteiger partial charge in [-0.05, 0) is 5.92 Å². The lowest BCUT2D eigenvalue weighted by molar-refractivity contribution is -0.222. The highest BCUT2D eigenvalue weighted by Gasteiger charge is 2.58. The van der Waals surface area contributed by atoms with Crippen molar-refractivity contribution in [3.8, 4) is 12.3 Å². The molecule has 0 aliphatic carbocycles. The molecule has 0 aromatic rings. The van der Waals surface area contributed by atoms with Crippen molar-refractivity contribution < 1.29 is 33.7 Å². The SMILES string of the molecule is C#CC1=CN([C@@H]2O[C@](F)(COC(=O)[C@@H](N)C(C)C)[C@@H](O)[C@H]2O)C(S)NC1=O. The number of carbonyl (C=O) groups is 2. The van der Waals surface area contributed by atoms with Crippen LogP contribution in [0.3, 0.4) is 0 Å². The van der Waals surface area contributed by atoms with E-state index in [0.29, 0.717) is 0 Å². The summed E-state index contributed by atoms with van der Waals surface area (Å²) in [4.78, 5) is 24.6. The van der Waals surface area contributed by atoms with Crippen molar-refractivity contribution in [1.29, 1.82) is 0 Å². The van der Waals surface area contributed by atoms with Gasteiger partial charge in [-0.25, -0.2) is 4.39 Å². The van der Waals surface area contributed by atoms with Gasteiger partial charge in [0.05, 0.1) is 0 Å². The molecule has 6 atom stereocenters. The molecule has 1 unspecified atom stereocenters. The molecule has 0 aromatic carbocycles. The molecule has 150 valence electrons. The molecule has 2 heterocycles. The summed E-state index contributed by atoms with van der Waals surface area (Å²) in [7, 11) is 0. The van der Waals surface area contributed by atoms with Crippen LogP contribution in [0.5, 0.6) is 0 Å². The number of nitrogens with two attached hydrogens (primary N) is 1. The first kappa shape index (κ1) is 21.5. The van der Waals surface area contributed by atoms with Crippen molar-refractivity contribution in [2.75, 3.05) is 6.61 Å². The summed E-state index contributed by atoms with van der Waals surface area (Å²) in [5.74, 6) is -2.45. The summed E-state index contributed by atoms with van der Waals surface area (Å²) in [5, 5.41) is 22.7. The number of alkyl halides is 1. The fourth-order valence-corrected chi connectivity index (χ4v) is 2.82. The molecule has 5 N–H and O–H groups in total. The molecule has 1 amide bonds. The minimum atomic E-state index is -2.89. The number of aliphatic hydroxyl groups is 2. The number of nitrogens with zero attached hydrogens (tertiary/aromatic N) is 1. The number of esters is 1. The third kappa shape index (κ3) is 4.20. The van der Waals surface area contributed by atoms with Gasteiger partial charge in [-0.2, -0.15) is 0 Å². The van der Waals surface area contributed by atoms with Gasteiger partial charge >= 0.3 is 5.97 Å². The van der Waals surface area contributed by atoms with Crippen molar-refractivity contribution in [3.05, 3.63) is 11.8 Å². The van der Waals surface area contributed by atoms with Gasteiger partial charge < -0.3 is 35.6 Å². The number of aliphatic hydroxyl groups excluding tert-OH is 2. The van der Waals surface area contributed by atoms with Crippen molar-refractivity contribution in [3.63, 3.8) is 0 Å². The molecule has 2 aliphatic rings. The van der Waals surface area contributed by atoms with E-state index in [1.54, 1.807) is 13.8 Å². The predicted molar refractivity (Wildman–Crippen MR) is 94.2 cm³/mol. The van der Waals surface area contributed by atoms with E-state index in [4.69, 9.17) is 21.6 Å². The van der Waals surface area contributed by atoms with E-state index in [-0.39, 0.29) is 11.5 Å². The summed E-state index contributed by atoms with van der Waals surface area (Å²) in [6.07, 6.45) is 1.15. The normalized spacial score (nSPS) is 34.7. The van der Waals surface area contributed by atoms with Crippen LogP contribution in [0.4, 0.5) is 4.39 Å². The summed E-state index contributed by atoms with van der Waals surface area (Å²) in [6.45, 7) is 2.39. The zero-order chi connectivity index (χ0) is 20.5. The number of thiol groups is 1. The Labute approximate surface area is 161 Å². The number of terminal acetylenes is 1. The van der Waals surface area contributed by atoms with Crippen LogP contribution in [0.25, 0.3) is 0 Å². The van der Waals surface area contributed by atoms with E-state index in [9.17, 15) is 19.8 Å². The number of halogens is 1. The molecule has 11 heteroatoms. The highest BCUT2D eigenvalue weighted by molar-refractivity contribution is 7.80. The molecule has 0 spiro atoms. The second-order valence-corrected chi connectivity index (χ2v) is 7.08. The zero-order valence-electron chi connectivity index (χ0n) is 14.7. The van der Waals surface area contributed by atoms with Gasteiger partial charge in [0.1, 0.15) is 29.3 Å². The molecule has 1 saturated heterocycles. The summed E-state index contributed by atoms with van der Waals surface area (Å²) in [6, 6.07) is -0.979. The first-order valence-electron chi connectivity index (χ1n) is 8.11. The maximum atomic E-state index is 15.0. The minimum absolute atomic E-state index is 0.101. The molecule has 2 aliphatic heterocycles. The van der Waals surface area contributed by atoms with Crippen LogP contribution in [-0.2, 0) is 19.1 Å². The van der Waals surface area contributed by atoms with E-state index >= 15 is 4.39 Å². The van der Waals surface area contributed by atoms with E-state index in [0.717, 1.165) is 11.1 Å². The Morgan fingerprint density at radius 2 is 2.26 bits per heavy atom. The number of rotatable bonds is 5. The monoisotopic (exact) mass is 403 g/mol. The lowest BCUT2D eigenvalue weighted by Crippen LogP contribution is -2.54. The van der Waals surface area contributed by atoms with Gasteiger partial charge in [0, 0.05) is 6.20 Å². The van der Waals surface area contributed by atoms with Crippen molar-refractivity contribution in [2.24, 2.45) is 11.7 Å². The smallest absolute Gasteiger partial charge is 0.323 e. The molecule has 0 radical (unpaired) electrons. The van der Waals surface area contributed by atoms with Crippen molar-refractivity contribution >= 4 is 24.5 Å². The molecule has 9 nitrogen and oxygen atoms in total. The third-order valence-corrected chi connectivity index (χ3v) is 4.69. The maximum absolute atomic E-state index is 15.0. The predicted octanol–water partition coefficient (Wildman–Crippen LogP) is -1.58. The third-order valence-electron chi connectivity index (χ3n) is 4.29. The Balaban J connectivity index is 2.15. The highest BCUT2D eigenvalue weighted by Crippen LogP contribution is 2.36. The lowest BCUT2D eigenvalue weighted by atomic mass is 10.1. The number of hydrogen-bond donors (Lipinski definition) is 5. The maximum Gasteiger partial charge on any atom is 0.323 e. The van der Waals surface area contributed by atoms with Crippen LogP contribution in [0.15, 0.2) is 11.8 Å². The molecular formula is C16H22FN3O6S. The number of carbonyl (C=O) groups excluding carboxylic acids is 2. The average Bonchev–Trinajstić information content (AvgIpc) is 2.84. The minimum Gasteiger partial charge on any atom is -0.458 e. The second kappa shape index (κ2) is 8.04. The largest absolute Gasteiger partial charge is 0.458 e. The van der Waals surface area contributed by atoms with Gasteiger partial charge in [0.15, 0.2) is 12.8 Å². The summed E-state index contributed by atoms with van der Waals surface area (Å²) < 4.78 is 25.0. The van der Waals surface area contributed by atoms with E-state index in [1.807, 2.05) is 0 Å². The van der Waals surface area contributed by atoms with E-state index in [1.165, 1.54) is 0 Å². The van der Waals surface area contributed by atoms with Crippen molar-refractivity contribution in [1.82, 2.24) is 10.2 Å². The van der Waals surface area contributed by atoms with Crippen LogP contribution in [-0.4, -0.2) is 69.4 Å². The fourth-order valence-electron chi connectivity index (χ4n) is 2.51. The number of hydrogen-bond acceptors (Lipinski definition) is 9. The van der Waals surface area contributed by atoms with Crippen molar-refractivity contribution in [2.45, 2.75) is 49.7 Å². The first-order valence-corrected chi connectivity index (χ1v) is 8.63. The molecule has 2 rings (SSSR count). The summed E-state index contributed by atoms with van der Waals surface area (Å²) in [5.41, 5.74) is 4.52.